The first kappa shape index (κ1) is 18.9. The van der Waals surface area contributed by atoms with E-state index in [1.807, 2.05) is 42.1 Å². The van der Waals surface area contributed by atoms with E-state index in [1.54, 1.807) is 18.6 Å². The van der Waals surface area contributed by atoms with E-state index in [1.165, 1.54) is 0 Å². The monoisotopic (exact) mass is 410 g/mol. The third kappa shape index (κ3) is 3.31. The Kier molecular flexibility index (Phi) is 4.47. The maximum Gasteiger partial charge on any atom is 0.124 e. The molecule has 0 amide bonds. The number of anilines is 1. The van der Waals surface area contributed by atoms with Crippen molar-refractivity contribution in [3.05, 3.63) is 60.7 Å². The maximum absolute atomic E-state index is 6.13. The van der Waals surface area contributed by atoms with Gasteiger partial charge in [0.2, 0.25) is 0 Å². The molecule has 0 spiro atoms. The Hall–Kier alpha value is -4.07. The highest BCUT2D eigenvalue weighted by Crippen LogP contribution is 2.35. The Labute approximate surface area is 179 Å². The van der Waals surface area contributed by atoms with Gasteiger partial charge >= 0.3 is 0 Å². The van der Waals surface area contributed by atoms with Crippen molar-refractivity contribution >= 4 is 16.7 Å². The van der Waals surface area contributed by atoms with E-state index in [0.717, 1.165) is 50.5 Å². The minimum absolute atomic E-state index is 0.250. The number of aromatic amines is 1. The van der Waals surface area contributed by atoms with E-state index in [9.17, 15) is 0 Å². The molecule has 154 valence electrons. The Balaban J connectivity index is 1.85. The fourth-order valence-corrected chi connectivity index (χ4v) is 3.75. The Morgan fingerprint density at radius 1 is 1.00 bits per heavy atom. The summed E-state index contributed by atoms with van der Waals surface area (Å²) in [6.07, 6.45) is 5.35. The van der Waals surface area contributed by atoms with E-state index in [2.05, 4.69) is 45.2 Å². The van der Waals surface area contributed by atoms with Crippen LogP contribution in [-0.2, 0) is 7.05 Å². The molecule has 5 aromatic rings. The normalized spacial score (nSPS) is 11.5. The van der Waals surface area contributed by atoms with Crippen LogP contribution < -0.4 is 5.73 Å². The molecular weight excluding hydrogens is 388 g/mol. The first-order valence-corrected chi connectivity index (χ1v) is 10.1. The van der Waals surface area contributed by atoms with Crippen LogP contribution in [0.4, 0.5) is 5.82 Å². The van der Waals surface area contributed by atoms with Gasteiger partial charge in [0.05, 0.1) is 16.9 Å². The topological polar surface area (TPSA) is 111 Å². The molecule has 5 heterocycles. The summed E-state index contributed by atoms with van der Waals surface area (Å²) in [5.41, 5.74) is 13.0. The Morgan fingerprint density at radius 2 is 1.87 bits per heavy atom. The largest absolute Gasteiger partial charge is 0.384 e. The van der Waals surface area contributed by atoms with Gasteiger partial charge in [0.1, 0.15) is 17.2 Å². The second kappa shape index (κ2) is 7.32. The molecule has 0 unspecified atom stereocenters. The minimum atomic E-state index is 0.250. The molecule has 3 N–H and O–H groups in total. The molecule has 8 nitrogen and oxygen atoms in total. The van der Waals surface area contributed by atoms with Gasteiger partial charge in [0.25, 0.3) is 0 Å². The minimum Gasteiger partial charge on any atom is -0.384 e. The third-order valence-electron chi connectivity index (χ3n) is 5.32. The van der Waals surface area contributed by atoms with Crippen molar-refractivity contribution in [3.8, 4) is 33.9 Å². The number of H-pyrrole nitrogens is 1. The van der Waals surface area contributed by atoms with Crippen LogP contribution in [-0.4, -0.2) is 34.9 Å². The van der Waals surface area contributed by atoms with Gasteiger partial charge in [-0.3, -0.25) is 14.8 Å². The lowest BCUT2D eigenvalue weighted by Crippen LogP contribution is -2.01. The summed E-state index contributed by atoms with van der Waals surface area (Å²) in [5.74, 6) is 0.726. The van der Waals surface area contributed by atoms with Crippen LogP contribution in [0.15, 0.2) is 55.0 Å². The highest BCUT2D eigenvalue weighted by atomic mass is 15.3. The number of rotatable bonds is 4. The second-order valence-electron chi connectivity index (χ2n) is 7.77. The van der Waals surface area contributed by atoms with Gasteiger partial charge in [-0.2, -0.15) is 10.2 Å². The highest BCUT2D eigenvalue weighted by Gasteiger charge is 2.17. The standard InChI is InChI=1S/C23H22N8/c1-13(2)18-10-14(11-21(24)28-18)19-12-16(20-6-9-27-31(20)3)15-4-7-25-23(22(15)29-19)17-5-8-26-30-17/h4-13H,1-3H3,(H2,24,28)(H,26,30). The number of nitrogen functional groups attached to an aromatic ring is 1. The van der Waals surface area contributed by atoms with Crippen LogP contribution in [0.25, 0.3) is 44.8 Å². The van der Waals surface area contributed by atoms with Crippen molar-refractivity contribution in [1.29, 1.82) is 0 Å². The van der Waals surface area contributed by atoms with Gasteiger partial charge in [-0.05, 0) is 42.3 Å². The van der Waals surface area contributed by atoms with Crippen LogP contribution in [0.5, 0.6) is 0 Å². The number of hydrogen-bond acceptors (Lipinski definition) is 6. The third-order valence-corrected chi connectivity index (χ3v) is 5.32. The van der Waals surface area contributed by atoms with Crippen LogP contribution in [0.3, 0.4) is 0 Å². The summed E-state index contributed by atoms with van der Waals surface area (Å²) >= 11 is 0. The number of hydrogen-bond donors (Lipinski definition) is 2. The zero-order chi connectivity index (χ0) is 21.5. The van der Waals surface area contributed by atoms with Crippen molar-refractivity contribution in [1.82, 2.24) is 34.9 Å². The van der Waals surface area contributed by atoms with Crippen molar-refractivity contribution in [2.45, 2.75) is 19.8 Å². The highest BCUT2D eigenvalue weighted by molar-refractivity contribution is 6.01. The van der Waals surface area contributed by atoms with Gasteiger partial charge in [-0.15, -0.1) is 0 Å². The summed E-state index contributed by atoms with van der Waals surface area (Å²) in [6, 6.07) is 11.8. The zero-order valence-corrected chi connectivity index (χ0v) is 17.5. The van der Waals surface area contributed by atoms with Gasteiger partial charge in [0, 0.05) is 47.8 Å². The Morgan fingerprint density at radius 3 is 2.58 bits per heavy atom. The molecule has 0 aliphatic heterocycles. The summed E-state index contributed by atoms with van der Waals surface area (Å²) in [5, 5.41) is 12.5. The SMILES string of the molecule is CC(C)c1cc(-c2cc(-c3ccnn3C)c3ccnc(-c4cc[nH]n4)c3n2)cc(N)n1. The predicted molar refractivity (Wildman–Crippen MR) is 121 cm³/mol. The molecule has 0 aliphatic rings. The quantitative estimate of drug-likeness (QED) is 0.460. The lowest BCUT2D eigenvalue weighted by atomic mass is 10.00. The molecule has 8 heteroatoms. The van der Waals surface area contributed by atoms with Crippen LogP contribution in [0.1, 0.15) is 25.5 Å². The average Bonchev–Trinajstić information content (AvgIpc) is 3.44. The molecule has 5 rings (SSSR count). The lowest BCUT2D eigenvalue weighted by Gasteiger charge is -2.14. The fourth-order valence-electron chi connectivity index (χ4n) is 3.75. The second-order valence-corrected chi connectivity index (χ2v) is 7.77. The van der Waals surface area contributed by atoms with Gasteiger partial charge < -0.3 is 5.73 Å². The predicted octanol–water partition coefficient (Wildman–Crippen LogP) is 4.19. The number of pyridine rings is 3. The average molecular weight is 410 g/mol. The maximum atomic E-state index is 6.13. The van der Waals surface area contributed by atoms with E-state index < -0.39 is 0 Å². The molecular formula is C23H22N8. The van der Waals surface area contributed by atoms with Gasteiger partial charge in [-0.1, -0.05) is 13.8 Å². The van der Waals surface area contributed by atoms with Gasteiger partial charge in [-0.25, -0.2) is 9.97 Å². The van der Waals surface area contributed by atoms with Crippen molar-refractivity contribution < 1.29 is 0 Å². The van der Waals surface area contributed by atoms with E-state index in [0.29, 0.717) is 5.82 Å². The first-order valence-electron chi connectivity index (χ1n) is 10.1. The number of aryl methyl sites for hydroxylation is 1. The molecule has 0 saturated heterocycles. The van der Waals surface area contributed by atoms with Crippen LogP contribution in [0, 0.1) is 0 Å². The first-order chi connectivity index (χ1) is 15.0. The van der Waals surface area contributed by atoms with E-state index >= 15 is 0 Å². The number of aromatic nitrogens is 7. The van der Waals surface area contributed by atoms with Gasteiger partial charge in [0.15, 0.2) is 0 Å². The number of nitrogens with zero attached hydrogens (tertiary/aromatic N) is 6. The summed E-state index contributed by atoms with van der Waals surface area (Å²) in [4.78, 5) is 14.1. The lowest BCUT2D eigenvalue weighted by molar-refractivity contribution is 0.776. The molecule has 5 aromatic heterocycles. The molecule has 0 saturated carbocycles. The number of nitrogens with two attached hydrogens (primary N) is 1. The number of nitrogens with one attached hydrogen (secondary N) is 1. The fraction of sp³-hybridized carbons (Fsp3) is 0.174. The molecule has 0 aliphatic carbocycles. The zero-order valence-electron chi connectivity index (χ0n) is 17.5. The summed E-state index contributed by atoms with van der Waals surface area (Å²) in [6.45, 7) is 4.19. The molecule has 0 fully saturated rings. The van der Waals surface area contributed by atoms with Crippen LogP contribution in [0.2, 0.25) is 0 Å². The van der Waals surface area contributed by atoms with E-state index in [4.69, 9.17) is 10.7 Å². The smallest absolute Gasteiger partial charge is 0.124 e. The molecule has 0 atom stereocenters. The summed E-state index contributed by atoms with van der Waals surface area (Å²) < 4.78 is 1.85. The van der Waals surface area contributed by atoms with E-state index in [-0.39, 0.29) is 5.92 Å². The van der Waals surface area contributed by atoms with Crippen molar-refractivity contribution in [3.63, 3.8) is 0 Å². The summed E-state index contributed by atoms with van der Waals surface area (Å²) in [7, 11) is 1.93. The molecule has 0 bridgehead atoms. The van der Waals surface area contributed by atoms with Crippen molar-refractivity contribution in [2.24, 2.45) is 7.05 Å². The molecule has 31 heavy (non-hydrogen) atoms. The molecule has 0 aromatic carbocycles. The number of fused-ring (bicyclic) bond motifs is 1. The Bertz CT molecular complexity index is 1380. The van der Waals surface area contributed by atoms with Crippen molar-refractivity contribution in [2.75, 3.05) is 5.73 Å². The van der Waals surface area contributed by atoms with Crippen LogP contribution >= 0.6 is 0 Å². The molecule has 0 radical (unpaired) electrons.